The van der Waals surface area contributed by atoms with Crippen molar-refractivity contribution >= 4 is 16.1 Å². The molecule has 7 heteroatoms. The predicted molar refractivity (Wildman–Crippen MR) is 83.5 cm³/mol. The second-order valence-electron chi connectivity index (χ2n) is 4.87. The Kier molecular flexibility index (Phi) is 5.36. The van der Waals surface area contributed by atoms with Gasteiger partial charge in [-0.3, -0.25) is 0 Å². The predicted octanol–water partition coefficient (Wildman–Crippen LogP) is 2.37. The van der Waals surface area contributed by atoms with Gasteiger partial charge >= 0.3 is 16.1 Å². The van der Waals surface area contributed by atoms with E-state index in [2.05, 4.69) is 0 Å². The molecule has 0 amide bonds. The summed E-state index contributed by atoms with van der Waals surface area (Å²) in [4.78, 5) is 11.4. The van der Waals surface area contributed by atoms with Crippen LogP contribution in [0.4, 0.5) is 0 Å². The summed E-state index contributed by atoms with van der Waals surface area (Å²) in [6.45, 7) is 0.120. The summed E-state index contributed by atoms with van der Waals surface area (Å²) in [5, 5.41) is 9.34. The number of rotatable bonds is 7. The van der Waals surface area contributed by atoms with Crippen LogP contribution in [-0.4, -0.2) is 25.7 Å². The van der Waals surface area contributed by atoms with Gasteiger partial charge in [0.15, 0.2) is 6.10 Å². The van der Waals surface area contributed by atoms with Crippen LogP contribution in [0.5, 0.6) is 5.75 Å². The molecule has 0 bridgehead atoms. The molecule has 0 saturated heterocycles. The van der Waals surface area contributed by atoms with E-state index in [0.717, 1.165) is 11.8 Å². The Morgan fingerprint density at radius 2 is 1.83 bits per heavy atom. The summed E-state index contributed by atoms with van der Waals surface area (Å²) in [5.74, 6) is -1.13. The van der Waals surface area contributed by atoms with Crippen LogP contribution in [0.1, 0.15) is 17.2 Å². The summed E-state index contributed by atoms with van der Waals surface area (Å²) >= 11 is 0. The molecule has 0 aliphatic heterocycles. The topological polar surface area (TPSA) is 89.9 Å². The maximum atomic E-state index is 11.4. The van der Waals surface area contributed by atoms with Crippen molar-refractivity contribution in [2.24, 2.45) is 0 Å². The van der Waals surface area contributed by atoms with E-state index in [1.807, 2.05) is 30.3 Å². The third kappa shape index (κ3) is 5.39. The minimum Gasteiger partial charge on any atom is -0.479 e. The summed E-state index contributed by atoms with van der Waals surface area (Å²) < 4.78 is 32.5. The van der Waals surface area contributed by atoms with Gasteiger partial charge in [-0.1, -0.05) is 42.5 Å². The zero-order chi connectivity index (χ0) is 16.9. The normalized spacial score (nSPS) is 12.6. The minimum absolute atomic E-state index is 0.0413. The van der Waals surface area contributed by atoms with E-state index in [0.29, 0.717) is 5.56 Å². The Hall–Kier alpha value is -2.38. The second kappa shape index (κ2) is 7.26. The van der Waals surface area contributed by atoms with Crippen molar-refractivity contribution < 1.29 is 27.2 Å². The van der Waals surface area contributed by atoms with Crippen LogP contribution in [0, 0.1) is 0 Å². The highest BCUT2D eigenvalue weighted by atomic mass is 32.2. The molecular formula is C16H16O6S. The smallest absolute Gasteiger partial charge is 0.337 e. The maximum absolute atomic E-state index is 11.4. The molecule has 2 rings (SSSR count). The lowest BCUT2D eigenvalue weighted by Gasteiger charge is -2.15. The zero-order valence-electron chi connectivity index (χ0n) is 12.4. The van der Waals surface area contributed by atoms with Crippen LogP contribution in [0.15, 0.2) is 54.6 Å². The average molecular weight is 336 g/mol. The SMILES string of the molecule is CS(=O)(=O)Oc1cccc(C(OCc2ccccc2)C(=O)O)c1. The molecule has 0 aromatic heterocycles. The molecule has 2 aromatic rings. The fraction of sp³-hybridized carbons (Fsp3) is 0.188. The van der Waals surface area contributed by atoms with Gasteiger partial charge in [-0.2, -0.15) is 8.42 Å². The monoisotopic (exact) mass is 336 g/mol. The highest BCUT2D eigenvalue weighted by Crippen LogP contribution is 2.24. The van der Waals surface area contributed by atoms with Crippen molar-refractivity contribution in [1.82, 2.24) is 0 Å². The van der Waals surface area contributed by atoms with E-state index in [-0.39, 0.29) is 12.4 Å². The van der Waals surface area contributed by atoms with Gasteiger partial charge in [0.05, 0.1) is 12.9 Å². The molecule has 0 radical (unpaired) electrons. The highest BCUT2D eigenvalue weighted by Gasteiger charge is 2.21. The van der Waals surface area contributed by atoms with Gasteiger partial charge in [-0.25, -0.2) is 4.79 Å². The van der Waals surface area contributed by atoms with Crippen LogP contribution >= 0.6 is 0 Å². The van der Waals surface area contributed by atoms with Crippen LogP contribution in [0.3, 0.4) is 0 Å². The molecule has 0 heterocycles. The fourth-order valence-electron chi connectivity index (χ4n) is 1.97. The molecule has 0 saturated carbocycles. The van der Waals surface area contributed by atoms with Gasteiger partial charge in [-0.15, -0.1) is 0 Å². The Morgan fingerprint density at radius 3 is 2.43 bits per heavy atom. The molecule has 0 fully saturated rings. The molecule has 23 heavy (non-hydrogen) atoms. The zero-order valence-corrected chi connectivity index (χ0v) is 13.2. The Morgan fingerprint density at radius 1 is 1.13 bits per heavy atom. The quantitative estimate of drug-likeness (QED) is 0.781. The van der Waals surface area contributed by atoms with Gasteiger partial charge < -0.3 is 14.0 Å². The van der Waals surface area contributed by atoms with Gasteiger partial charge in [0.2, 0.25) is 0 Å². The summed E-state index contributed by atoms with van der Waals surface area (Å²) in [6.07, 6.45) is -0.307. The van der Waals surface area contributed by atoms with E-state index in [4.69, 9.17) is 8.92 Å². The molecule has 6 nitrogen and oxygen atoms in total. The molecular weight excluding hydrogens is 320 g/mol. The third-order valence-corrected chi connectivity index (χ3v) is 3.39. The van der Waals surface area contributed by atoms with Crippen LogP contribution in [-0.2, 0) is 26.3 Å². The average Bonchev–Trinajstić information content (AvgIpc) is 2.47. The lowest BCUT2D eigenvalue weighted by Crippen LogP contribution is -2.15. The number of carboxylic acid groups (broad SMARTS) is 1. The van der Waals surface area contributed by atoms with Crippen molar-refractivity contribution in [3.63, 3.8) is 0 Å². The Labute approximate surface area is 134 Å². The lowest BCUT2D eigenvalue weighted by atomic mass is 10.1. The first-order valence-corrected chi connectivity index (χ1v) is 8.54. The van der Waals surface area contributed by atoms with Crippen molar-refractivity contribution in [3.05, 3.63) is 65.7 Å². The summed E-state index contributed by atoms with van der Waals surface area (Å²) in [7, 11) is -3.68. The van der Waals surface area contributed by atoms with Crippen LogP contribution in [0.25, 0.3) is 0 Å². The third-order valence-electron chi connectivity index (χ3n) is 2.89. The fourth-order valence-corrected chi connectivity index (χ4v) is 2.42. The molecule has 1 atom stereocenters. The Balaban J connectivity index is 2.17. The highest BCUT2D eigenvalue weighted by molar-refractivity contribution is 7.86. The van der Waals surface area contributed by atoms with E-state index < -0.39 is 22.2 Å². The first-order chi connectivity index (χ1) is 10.8. The van der Waals surface area contributed by atoms with Crippen molar-refractivity contribution in [1.29, 1.82) is 0 Å². The first kappa shape index (κ1) is 17.0. The molecule has 1 unspecified atom stereocenters. The lowest BCUT2D eigenvalue weighted by molar-refractivity contribution is -0.151. The van der Waals surface area contributed by atoms with Gasteiger partial charge in [0.1, 0.15) is 5.75 Å². The van der Waals surface area contributed by atoms with E-state index in [1.165, 1.54) is 18.2 Å². The van der Waals surface area contributed by atoms with Crippen LogP contribution in [0.2, 0.25) is 0 Å². The van der Waals surface area contributed by atoms with E-state index in [1.54, 1.807) is 6.07 Å². The number of benzene rings is 2. The Bertz CT molecular complexity index is 770. The molecule has 2 aromatic carbocycles. The number of ether oxygens (including phenoxy) is 1. The van der Waals surface area contributed by atoms with Crippen molar-refractivity contribution in [2.45, 2.75) is 12.7 Å². The standard InChI is InChI=1S/C16H16O6S/c1-23(19,20)22-14-9-5-8-13(10-14)15(16(17)18)21-11-12-6-3-2-4-7-12/h2-10,15H,11H2,1H3,(H,17,18). The van der Waals surface area contributed by atoms with Crippen molar-refractivity contribution in [2.75, 3.05) is 6.26 Å². The minimum atomic E-state index is -3.68. The molecule has 0 aliphatic rings. The number of hydrogen-bond donors (Lipinski definition) is 1. The maximum Gasteiger partial charge on any atom is 0.337 e. The van der Waals surface area contributed by atoms with Gasteiger partial charge in [-0.05, 0) is 23.3 Å². The summed E-state index contributed by atoms with van der Waals surface area (Å²) in [5.41, 5.74) is 1.14. The largest absolute Gasteiger partial charge is 0.479 e. The van der Waals surface area contributed by atoms with Gasteiger partial charge in [0.25, 0.3) is 0 Å². The molecule has 0 spiro atoms. The number of carboxylic acids is 1. The molecule has 122 valence electrons. The molecule has 0 aliphatic carbocycles. The second-order valence-corrected chi connectivity index (χ2v) is 6.45. The number of carbonyl (C=O) groups is 1. The number of hydrogen-bond acceptors (Lipinski definition) is 5. The van der Waals surface area contributed by atoms with Crippen molar-refractivity contribution in [3.8, 4) is 5.75 Å². The number of aliphatic carboxylic acids is 1. The first-order valence-electron chi connectivity index (χ1n) is 6.73. The summed E-state index contributed by atoms with van der Waals surface area (Å²) in [6, 6.07) is 15.0. The van der Waals surface area contributed by atoms with Crippen LogP contribution < -0.4 is 4.18 Å². The van der Waals surface area contributed by atoms with E-state index >= 15 is 0 Å². The molecule has 1 N–H and O–H groups in total. The van der Waals surface area contributed by atoms with E-state index in [9.17, 15) is 18.3 Å². The van der Waals surface area contributed by atoms with Gasteiger partial charge in [0, 0.05) is 0 Å².